The normalized spacial score (nSPS) is 31.8. The Bertz CT molecular complexity index is 380. The van der Waals surface area contributed by atoms with Gasteiger partial charge in [0, 0.05) is 15.4 Å². The van der Waals surface area contributed by atoms with Crippen LogP contribution in [0.25, 0.3) is 0 Å². The number of fused-ring (bicyclic) bond motifs is 1. The van der Waals surface area contributed by atoms with Gasteiger partial charge in [-0.05, 0) is 30.7 Å². The van der Waals surface area contributed by atoms with E-state index in [0.717, 1.165) is 14.9 Å². The molecule has 4 heteroatoms. The van der Waals surface area contributed by atoms with Gasteiger partial charge in [0.1, 0.15) is 0 Å². The van der Waals surface area contributed by atoms with Crippen molar-refractivity contribution in [2.45, 2.75) is 23.1 Å². The third-order valence-electron chi connectivity index (χ3n) is 2.39. The molecule has 2 N–H and O–H groups in total. The number of rotatable bonds is 0. The van der Waals surface area contributed by atoms with Crippen molar-refractivity contribution in [2.24, 2.45) is 5.73 Å². The van der Waals surface area contributed by atoms with Crippen molar-refractivity contribution >= 4 is 26.7 Å². The average molecular weight is 260 g/mol. The first-order valence-electron chi connectivity index (χ1n) is 4.07. The Hall–Kier alpha value is -0.190. The maximum atomic E-state index is 11.7. The zero-order valence-electron chi connectivity index (χ0n) is 7.16. The number of hydrogen-bond donors (Lipinski definition) is 1. The van der Waals surface area contributed by atoms with Gasteiger partial charge in [-0.2, -0.15) is 0 Å². The van der Waals surface area contributed by atoms with Crippen LogP contribution in [0.2, 0.25) is 0 Å². The zero-order valence-corrected chi connectivity index (χ0v) is 9.56. The van der Waals surface area contributed by atoms with E-state index in [4.69, 9.17) is 5.73 Å². The molecule has 13 heavy (non-hydrogen) atoms. The molecule has 0 fully saturated rings. The smallest absolute Gasteiger partial charge is 0.0580 e. The first-order chi connectivity index (χ1) is 6.11. The molecule has 0 radical (unpaired) electrons. The SMILES string of the molecule is CC1C(N)c2cc(Br)ccc2S1=O. The standard InChI is InChI=1S/C9H10BrNOS/c1-5-9(11)7-4-6(10)2-3-8(7)13(5)12/h2-5,9H,11H2,1H3. The summed E-state index contributed by atoms with van der Waals surface area (Å²) < 4.78 is 12.7. The maximum Gasteiger partial charge on any atom is 0.0580 e. The highest BCUT2D eigenvalue weighted by molar-refractivity contribution is 9.10. The fourth-order valence-corrected chi connectivity index (χ4v) is 3.37. The Kier molecular flexibility index (Phi) is 2.30. The van der Waals surface area contributed by atoms with Gasteiger partial charge in [0.25, 0.3) is 0 Å². The van der Waals surface area contributed by atoms with Crippen LogP contribution in [0.1, 0.15) is 18.5 Å². The molecule has 0 aromatic heterocycles. The Morgan fingerprint density at radius 2 is 2.23 bits per heavy atom. The lowest BCUT2D eigenvalue weighted by Gasteiger charge is -2.07. The molecule has 3 unspecified atom stereocenters. The van der Waals surface area contributed by atoms with Gasteiger partial charge < -0.3 is 5.73 Å². The minimum absolute atomic E-state index is 0.0318. The second-order valence-electron chi connectivity index (χ2n) is 3.21. The highest BCUT2D eigenvalue weighted by Crippen LogP contribution is 2.35. The molecule has 1 aromatic rings. The van der Waals surface area contributed by atoms with Crippen molar-refractivity contribution in [1.29, 1.82) is 0 Å². The first kappa shape index (κ1) is 9.37. The lowest BCUT2D eigenvalue weighted by Crippen LogP contribution is -2.19. The molecule has 2 rings (SSSR count). The second kappa shape index (κ2) is 3.19. The molecule has 1 aliphatic heterocycles. The second-order valence-corrected chi connectivity index (χ2v) is 5.90. The summed E-state index contributed by atoms with van der Waals surface area (Å²) in [7, 11) is -0.927. The molecular formula is C9H10BrNOS. The average Bonchev–Trinajstić information content (AvgIpc) is 2.32. The number of halogens is 1. The summed E-state index contributed by atoms with van der Waals surface area (Å²) in [6.45, 7) is 1.93. The third kappa shape index (κ3) is 1.37. The summed E-state index contributed by atoms with van der Waals surface area (Å²) >= 11 is 3.38. The van der Waals surface area contributed by atoms with Gasteiger partial charge in [0.2, 0.25) is 0 Å². The zero-order chi connectivity index (χ0) is 9.59. The molecule has 0 bridgehead atoms. The minimum Gasteiger partial charge on any atom is -0.323 e. The Morgan fingerprint density at radius 1 is 1.54 bits per heavy atom. The maximum absolute atomic E-state index is 11.7. The largest absolute Gasteiger partial charge is 0.323 e. The summed E-state index contributed by atoms with van der Waals surface area (Å²) in [5, 5.41) is 0.0318. The van der Waals surface area contributed by atoms with Crippen LogP contribution in [0.3, 0.4) is 0 Å². The molecule has 0 aliphatic carbocycles. The van der Waals surface area contributed by atoms with E-state index >= 15 is 0 Å². The fourth-order valence-electron chi connectivity index (χ4n) is 1.55. The summed E-state index contributed by atoms with van der Waals surface area (Å²) in [5.41, 5.74) is 6.95. The van der Waals surface area contributed by atoms with Gasteiger partial charge in [0.15, 0.2) is 0 Å². The Labute approximate surface area is 88.1 Å². The third-order valence-corrected chi connectivity index (χ3v) is 4.66. The van der Waals surface area contributed by atoms with Crippen LogP contribution in [0, 0.1) is 0 Å². The predicted molar refractivity (Wildman–Crippen MR) is 56.9 cm³/mol. The quantitative estimate of drug-likeness (QED) is 0.774. The highest BCUT2D eigenvalue weighted by atomic mass is 79.9. The number of nitrogens with two attached hydrogens (primary N) is 1. The fraction of sp³-hybridized carbons (Fsp3) is 0.333. The monoisotopic (exact) mass is 259 g/mol. The summed E-state index contributed by atoms with van der Waals surface area (Å²) in [6.07, 6.45) is 0. The van der Waals surface area contributed by atoms with Crippen molar-refractivity contribution in [3.05, 3.63) is 28.2 Å². The van der Waals surface area contributed by atoms with Crippen molar-refractivity contribution < 1.29 is 4.21 Å². The Balaban J connectivity index is 2.60. The van der Waals surface area contributed by atoms with E-state index in [1.54, 1.807) is 0 Å². The molecule has 0 saturated heterocycles. The number of hydrogen-bond acceptors (Lipinski definition) is 2. The van der Waals surface area contributed by atoms with Gasteiger partial charge in [-0.1, -0.05) is 15.9 Å². The van der Waals surface area contributed by atoms with E-state index in [1.807, 2.05) is 25.1 Å². The van der Waals surface area contributed by atoms with E-state index in [0.29, 0.717) is 0 Å². The Morgan fingerprint density at radius 3 is 2.92 bits per heavy atom. The topological polar surface area (TPSA) is 43.1 Å². The van der Waals surface area contributed by atoms with Gasteiger partial charge in [0.05, 0.1) is 16.0 Å². The van der Waals surface area contributed by atoms with Crippen LogP contribution < -0.4 is 5.73 Å². The van der Waals surface area contributed by atoms with E-state index in [9.17, 15) is 4.21 Å². The highest BCUT2D eigenvalue weighted by Gasteiger charge is 2.32. The summed E-state index contributed by atoms with van der Waals surface area (Å²) in [6, 6.07) is 5.66. The molecule has 70 valence electrons. The molecule has 1 aromatic carbocycles. The van der Waals surface area contributed by atoms with Crippen molar-refractivity contribution in [1.82, 2.24) is 0 Å². The lowest BCUT2D eigenvalue weighted by molar-refractivity contribution is 0.662. The molecule has 0 saturated carbocycles. The molecule has 0 spiro atoms. The van der Waals surface area contributed by atoms with Crippen LogP contribution in [-0.4, -0.2) is 9.46 Å². The van der Waals surface area contributed by atoms with E-state index in [-0.39, 0.29) is 11.3 Å². The van der Waals surface area contributed by atoms with Gasteiger partial charge in [-0.25, -0.2) is 0 Å². The van der Waals surface area contributed by atoms with Crippen LogP contribution in [0.15, 0.2) is 27.6 Å². The van der Waals surface area contributed by atoms with Crippen LogP contribution in [0.4, 0.5) is 0 Å². The molecule has 3 atom stereocenters. The van der Waals surface area contributed by atoms with Crippen LogP contribution >= 0.6 is 15.9 Å². The van der Waals surface area contributed by atoms with Crippen LogP contribution in [0.5, 0.6) is 0 Å². The van der Waals surface area contributed by atoms with E-state index in [2.05, 4.69) is 15.9 Å². The predicted octanol–water partition coefficient (Wildman–Crippen LogP) is 1.96. The van der Waals surface area contributed by atoms with Crippen LogP contribution in [-0.2, 0) is 10.8 Å². The minimum atomic E-state index is -0.927. The van der Waals surface area contributed by atoms with Gasteiger partial charge in [-0.3, -0.25) is 4.21 Å². The van der Waals surface area contributed by atoms with Gasteiger partial charge in [-0.15, -0.1) is 0 Å². The van der Waals surface area contributed by atoms with Crippen molar-refractivity contribution in [3.8, 4) is 0 Å². The van der Waals surface area contributed by atoms with Gasteiger partial charge >= 0.3 is 0 Å². The lowest BCUT2D eigenvalue weighted by atomic mass is 10.1. The molecule has 0 amide bonds. The van der Waals surface area contributed by atoms with E-state index in [1.165, 1.54) is 0 Å². The summed E-state index contributed by atoms with van der Waals surface area (Å²) in [4.78, 5) is 0.892. The summed E-state index contributed by atoms with van der Waals surface area (Å²) in [5.74, 6) is 0. The molecule has 1 heterocycles. The molecule has 1 aliphatic rings. The molecule has 2 nitrogen and oxygen atoms in total. The van der Waals surface area contributed by atoms with Crippen molar-refractivity contribution in [3.63, 3.8) is 0 Å². The van der Waals surface area contributed by atoms with Crippen molar-refractivity contribution in [2.75, 3.05) is 0 Å². The molecular weight excluding hydrogens is 250 g/mol. The van der Waals surface area contributed by atoms with E-state index < -0.39 is 10.8 Å². The number of benzene rings is 1. The first-order valence-corrected chi connectivity index (χ1v) is 6.07.